The van der Waals surface area contributed by atoms with Crippen LogP contribution in [0.2, 0.25) is 0 Å². The highest BCUT2D eigenvalue weighted by atomic mass is 16.1. The van der Waals surface area contributed by atoms with Crippen LogP contribution in [0.5, 0.6) is 0 Å². The van der Waals surface area contributed by atoms with E-state index in [0.717, 1.165) is 17.8 Å². The molecule has 1 N–H and O–H groups in total. The number of rotatable bonds is 4. The first-order valence-electron chi connectivity index (χ1n) is 8.47. The second kappa shape index (κ2) is 6.96. The normalized spacial score (nSPS) is 10.7. The molecule has 1 heterocycles. The van der Waals surface area contributed by atoms with Crippen molar-refractivity contribution in [1.82, 2.24) is 4.57 Å². The van der Waals surface area contributed by atoms with Crippen LogP contribution in [0.4, 0.5) is 5.69 Å². The molecule has 5 nitrogen and oxygen atoms in total. The summed E-state index contributed by atoms with van der Waals surface area (Å²) in [6.07, 6.45) is 0. The van der Waals surface area contributed by atoms with Crippen molar-refractivity contribution in [3.05, 3.63) is 75.6 Å². The quantitative estimate of drug-likeness (QED) is 0.730. The van der Waals surface area contributed by atoms with Crippen LogP contribution in [0.15, 0.2) is 53.3 Å². The fraction of sp³-hybridized carbons (Fsp3) is 0.190. The average Bonchev–Trinajstić information content (AvgIpc) is 2.62. The van der Waals surface area contributed by atoms with Crippen LogP contribution < -0.4 is 10.7 Å². The Balaban J connectivity index is 1.98. The summed E-state index contributed by atoms with van der Waals surface area (Å²) in [4.78, 5) is 36.4. The van der Waals surface area contributed by atoms with Crippen LogP contribution in [0.3, 0.4) is 0 Å². The van der Waals surface area contributed by atoms with Crippen molar-refractivity contribution < 1.29 is 9.59 Å². The number of carbonyl (C=O) groups is 2. The first-order valence-corrected chi connectivity index (χ1v) is 8.47. The Morgan fingerprint density at radius 3 is 2.50 bits per heavy atom. The van der Waals surface area contributed by atoms with Crippen molar-refractivity contribution in [3.8, 4) is 0 Å². The van der Waals surface area contributed by atoms with E-state index in [2.05, 4.69) is 5.32 Å². The molecule has 0 aliphatic rings. The lowest BCUT2D eigenvalue weighted by Crippen LogP contribution is -2.15. The van der Waals surface area contributed by atoms with E-state index in [0.29, 0.717) is 22.2 Å². The van der Waals surface area contributed by atoms with Crippen LogP contribution in [0.25, 0.3) is 10.9 Å². The predicted octanol–water partition coefficient (Wildman–Crippen LogP) is 3.78. The van der Waals surface area contributed by atoms with Gasteiger partial charge in [-0.15, -0.1) is 0 Å². The first kappa shape index (κ1) is 17.6. The zero-order chi connectivity index (χ0) is 18.8. The van der Waals surface area contributed by atoms with Crippen molar-refractivity contribution in [2.75, 3.05) is 5.32 Å². The van der Waals surface area contributed by atoms with E-state index < -0.39 is 0 Å². The monoisotopic (exact) mass is 348 g/mol. The predicted molar refractivity (Wildman–Crippen MR) is 103 cm³/mol. The summed E-state index contributed by atoms with van der Waals surface area (Å²) in [7, 11) is 0. The molecule has 0 radical (unpaired) electrons. The molecule has 0 fully saturated rings. The number of aryl methyl sites for hydroxylation is 2. The Labute approximate surface area is 151 Å². The summed E-state index contributed by atoms with van der Waals surface area (Å²) >= 11 is 0. The van der Waals surface area contributed by atoms with E-state index >= 15 is 0 Å². The standard InChI is InChI=1S/C21H20N2O3/c1-4-23-13(2)10-20(25)18-12-16(8-9-19(18)23)21(26)22-17-7-5-6-15(11-17)14(3)24/h5-12H,4H2,1-3H3,(H,22,26). The molecule has 5 heteroatoms. The van der Waals surface area contributed by atoms with E-state index in [-0.39, 0.29) is 17.1 Å². The molecule has 0 bridgehead atoms. The van der Waals surface area contributed by atoms with Gasteiger partial charge in [0, 0.05) is 40.5 Å². The Morgan fingerprint density at radius 1 is 1.04 bits per heavy atom. The molecule has 26 heavy (non-hydrogen) atoms. The van der Waals surface area contributed by atoms with Gasteiger partial charge in [0.1, 0.15) is 0 Å². The lowest BCUT2D eigenvalue weighted by molar-refractivity contribution is 0.101. The molecule has 0 atom stereocenters. The van der Waals surface area contributed by atoms with Gasteiger partial charge in [-0.2, -0.15) is 0 Å². The lowest BCUT2D eigenvalue weighted by atomic mass is 10.1. The van der Waals surface area contributed by atoms with Gasteiger partial charge in [-0.1, -0.05) is 12.1 Å². The van der Waals surface area contributed by atoms with Gasteiger partial charge in [0.2, 0.25) is 0 Å². The molecule has 3 rings (SSSR count). The number of aromatic nitrogens is 1. The summed E-state index contributed by atoms with van der Waals surface area (Å²) in [6.45, 7) is 6.13. The topological polar surface area (TPSA) is 68.2 Å². The molecule has 1 aromatic heterocycles. The van der Waals surface area contributed by atoms with Crippen LogP contribution in [0, 0.1) is 6.92 Å². The van der Waals surface area contributed by atoms with Crippen molar-refractivity contribution in [1.29, 1.82) is 0 Å². The van der Waals surface area contributed by atoms with E-state index in [1.165, 1.54) is 6.92 Å². The molecular weight excluding hydrogens is 328 g/mol. The molecule has 0 spiro atoms. The number of Topliss-reactive ketones (excluding diaryl/α,β-unsaturated/α-hetero) is 1. The van der Waals surface area contributed by atoms with E-state index in [1.807, 2.05) is 18.4 Å². The fourth-order valence-electron chi connectivity index (χ4n) is 3.08. The van der Waals surface area contributed by atoms with Crippen LogP contribution in [-0.2, 0) is 6.54 Å². The molecule has 2 aromatic carbocycles. The molecule has 0 aliphatic heterocycles. The third-order valence-electron chi connectivity index (χ3n) is 4.42. The minimum absolute atomic E-state index is 0.0673. The second-order valence-corrected chi connectivity index (χ2v) is 6.22. The molecule has 1 amide bonds. The van der Waals surface area contributed by atoms with Crippen LogP contribution in [-0.4, -0.2) is 16.3 Å². The van der Waals surface area contributed by atoms with E-state index in [4.69, 9.17) is 0 Å². The van der Waals surface area contributed by atoms with Gasteiger partial charge < -0.3 is 9.88 Å². The summed E-state index contributed by atoms with van der Waals surface area (Å²) in [5, 5.41) is 3.29. The number of hydrogen-bond acceptors (Lipinski definition) is 3. The molecule has 0 unspecified atom stereocenters. The maximum absolute atomic E-state index is 12.6. The molecular formula is C21H20N2O3. The SMILES string of the molecule is CCn1c(C)cc(=O)c2cc(C(=O)Nc3cccc(C(C)=O)c3)ccc21. The van der Waals surface area contributed by atoms with Gasteiger partial charge >= 0.3 is 0 Å². The van der Waals surface area contributed by atoms with Gasteiger partial charge in [0.05, 0.1) is 5.52 Å². The number of ketones is 1. The number of anilines is 1. The Hall–Kier alpha value is -3.21. The number of hydrogen-bond donors (Lipinski definition) is 1. The average molecular weight is 348 g/mol. The van der Waals surface area contributed by atoms with Crippen LogP contribution in [0.1, 0.15) is 40.3 Å². The van der Waals surface area contributed by atoms with E-state index in [1.54, 1.807) is 48.5 Å². The number of nitrogens with zero attached hydrogens (tertiary/aromatic N) is 1. The van der Waals surface area contributed by atoms with Crippen LogP contribution >= 0.6 is 0 Å². The molecule has 0 saturated heterocycles. The highest BCUT2D eigenvalue weighted by Crippen LogP contribution is 2.17. The molecule has 0 saturated carbocycles. The van der Waals surface area contributed by atoms with Crippen molar-refractivity contribution in [2.24, 2.45) is 0 Å². The maximum Gasteiger partial charge on any atom is 0.255 e. The minimum Gasteiger partial charge on any atom is -0.345 e. The van der Waals surface area contributed by atoms with Crippen molar-refractivity contribution in [2.45, 2.75) is 27.3 Å². The largest absolute Gasteiger partial charge is 0.345 e. The highest BCUT2D eigenvalue weighted by Gasteiger charge is 2.11. The highest BCUT2D eigenvalue weighted by molar-refractivity contribution is 6.06. The summed E-state index contributed by atoms with van der Waals surface area (Å²) in [5.74, 6) is -0.391. The van der Waals surface area contributed by atoms with Gasteiger partial charge in [-0.3, -0.25) is 14.4 Å². The number of benzene rings is 2. The summed E-state index contributed by atoms with van der Waals surface area (Å²) in [6, 6.07) is 13.5. The Bertz CT molecular complexity index is 1080. The summed E-state index contributed by atoms with van der Waals surface area (Å²) in [5.41, 5.74) is 3.07. The van der Waals surface area contributed by atoms with Crippen molar-refractivity contribution >= 4 is 28.3 Å². The van der Waals surface area contributed by atoms with Gasteiger partial charge in [0.15, 0.2) is 11.2 Å². The number of fused-ring (bicyclic) bond motifs is 1. The maximum atomic E-state index is 12.6. The lowest BCUT2D eigenvalue weighted by Gasteiger charge is -2.13. The smallest absolute Gasteiger partial charge is 0.255 e. The minimum atomic E-state index is -0.323. The number of pyridine rings is 1. The van der Waals surface area contributed by atoms with Crippen molar-refractivity contribution in [3.63, 3.8) is 0 Å². The van der Waals surface area contributed by atoms with E-state index in [9.17, 15) is 14.4 Å². The Kier molecular flexibility index (Phi) is 4.71. The third-order valence-corrected chi connectivity index (χ3v) is 4.42. The second-order valence-electron chi connectivity index (χ2n) is 6.22. The van der Waals surface area contributed by atoms with Gasteiger partial charge in [0.25, 0.3) is 5.91 Å². The third kappa shape index (κ3) is 3.28. The summed E-state index contributed by atoms with van der Waals surface area (Å²) < 4.78 is 2.04. The van der Waals surface area contributed by atoms with Gasteiger partial charge in [-0.05, 0) is 51.1 Å². The van der Waals surface area contributed by atoms with Gasteiger partial charge in [-0.25, -0.2) is 0 Å². The Morgan fingerprint density at radius 2 is 1.81 bits per heavy atom. The fourth-order valence-corrected chi connectivity index (χ4v) is 3.08. The molecule has 0 aliphatic carbocycles. The zero-order valence-electron chi connectivity index (χ0n) is 15.0. The first-order chi connectivity index (χ1) is 12.4. The number of amides is 1. The molecule has 132 valence electrons. The number of carbonyl (C=O) groups excluding carboxylic acids is 2. The molecule has 3 aromatic rings. The zero-order valence-corrected chi connectivity index (χ0v) is 15.0. The number of nitrogens with one attached hydrogen (secondary N) is 1.